The Bertz CT molecular complexity index is 423. The molecule has 20 heavy (non-hydrogen) atoms. The number of carbonyl (C=O) groups excluding carboxylic acids is 3. The Balaban J connectivity index is 5.65. The van der Waals surface area contributed by atoms with E-state index in [4.69, 9.17) is 9.84 Å². The number of likely N-dealkylation sites (N-methyl/N-ethyl adjacent to an activating group) is 1. The first-order chi connectivity index (χ1) is 8.93. The van der Waals surface area contributed by atoms with E-state index in [9.17, 15) is 19.2 Å². The number of esters is 1. The number of ketones is 2. The van der Waals surface area contributed by atoms with Crippen molar-refractivity contribution in [3.05, 3.63) is 0 Å². The highest BCUT2D eigenvalue weighted by Gasteiger charge is 2.48. The Morgan fingerprint density at radius 1 is 1.15 bits per heavy atom. The maximum absolute atomic E-state index is 12.1. The summed E-state index contributed by atoms with van der Waals surface area (Å²) < 4.78 is 5.22. The third kappa shape index (κ3) is 5.48. The van der Waals surface area contributed by atoms with E-state index in [1.165, 1.54) is 0 Å². The highest BCUT2D eigenvalue weighted by Crippen LogP contribution is 2.23. The van der Waals surface area contributed by atoms with Gasteiger partial charge < -0.3 is 14.3 Å². The van der Waals surface area contributed by atoms with Crippen molar-refractivity contribution in [1.29, 1.82) is 0 Å². The van der Waals surface area contributed by atoms with E-state index >= 15 is 0 Å². The fraction of sp³-hybridized carbons (Fsp3) is 0.692. The van der Waals surface area contributed by atoms with Gasteiger partial charge in [-0.1, -0.05) is 6.92 Å². The van der Waals surface area contributed by atoms with Crippen LogP contribution in [-0.2, 0) is 23.9 Å². The van der Waals surface area contributed by atoms with Crippen LogP contribution in [0.5, 0.6) is 0 Å². The number of rotatable bonds is 8. The molecule has 0 aromatic rings. The van der Waals surface area contributed by atoms with Crippen molar-refractivity contribution in [2.24, 2.45) is 0 Å². The molecule has 0 bridgehead atoms. The lowest BCUT2D eigenvalue weighted by Gasteiger charge is -2.36. The van der Waals surface area contributed by atoms with E-state index < -0.39 is 35.5 Å². The van der Waals surface area contributed by atoms with Crippen LogP contribution in [0, 0.1) is 0 Å². The van der Waals surface area contributed by atoms with Crippen LogP contribution >= 0.6 is 0 Å². The van der Waals surface area contributed by atoms with E-state index in [0.29, 0.717) is 0 Å². The number of Topliss-reactive ketones (excluding diaryl/α,β-unsaturated/α-hetero) is 2. The first kappa shape index (κ1) is 18.2. The van der Waals surface area contributed by atoms with Crippen LogP contribution in [0.25, 0.3) is 0 Å². The zero-order chi connectivity index (χ0) is 16.1. The molecule has 1 N–H and O–H groups in total. The molecule has 114 valence electrons. The summed E-state index contributed by atoms with van der Waals surface area (Å²) in [4.78, 5) is 45.7. The Labute approximate surface area is 118 Å². The minimum atomic E-state index is -1.82. The van der Waals surface area contributed by atoms with Gasteiger partial charge in [-0.25, -0.2) is 4.79 Å². The molecule has 1 unspecified atom stereocenters. The van der Waals surface area contributed by atoms with E-state index in [0.717, 1.165) is 6.92 Å². The summed E-state index contributed by atoms with van der Waals surface area (Å²) in [6.45, 7) is 2.54. The van der Waals surface area contributed by atoms with Gasteiger partial charge in [0.2, 0.25) is 11.4 Å². The molecule has 0 saturated heterocycles. The van der Waals surface area contributed by atoms with Gasteiger partial charge in [-0.05, 0) is 0 Å². The van der Waals surface area contributed by atoms with Crippen LogP contribution in [0.1, 0.15) is 26.7 Å². The fourth-order valence-electron chi connectivity index (χ4n) is 1.95. The van der Waals surface area contributed by atoms with E-state index in [-0.39, 0.29) is 17.4 Å². The molecule has 7 heteroatoms. The van der Waals surface area contributed by atoms with Gasteiger partial charge in [0.1, 0.15) is 6.54 Å². The smallest absolute Gasteiger partial charge is 0.375 e. The maximum atomic E-state index is 12.1. The summed E-state index contributed by atoms with van der Waals surface area (Å²) in [6.07, 6.45) is -0.646. The first-order valence-corrected chi connectivity index (χ1v) is 6.23. The zero-order valence-electron chi connectivity index (χ0n) is 12.6. The van der Waals surface area contributed by atoms with Gasteiger partial charge in [-0.15, -0.1) is 0 Å². The minimum Gasteiger partial charge on any atom is -0.481 e. The number of carboxylic acids is 1. The first-order valence-electron chi connectivity index (χ1n) is 6.23. The van der Waals surface area contributed by atoms with Gasteiger partial charge in [0, 0.05) is 13.3 Å². The standard InChI is InChI=1S/C13H21NO6/c1-6-10(16)13(7-11(17)18,8-14(3,4)5)20-12(19)9(2)15/h6-8H2,1-5H3/p+1. The van der Waals surface area contributed by atoms with E-state index in [1.807, 2.05) is 0 Å². The minimum absolute atomic E-state index is 0.0124. The van der Waals surface area contributed by atoms with Gasteiger partial charge in [-0.3, -0.25) is 14.4 Å². The second kappa shape index (κ2) is 6.60. The number of quaternary nitrogens is 1. The van der Waals surface area contributed by atoms with Crippen molar-refractivity contribution in [2.75, 3.05) is 27.7 Å². The summed E-state index contributed by atoms with van der Waals surface area (Å²) in [5, 5.41) is 9.01. The van der Waals surface area contributed by atoms with Crippen LogP contribution in [0.4, 0.5) is 0 Å². The number of aliphatic carboxylic acids is 1. The molecule has 0 aliphatic rings. The Kier molecular flexibility index (Phi) is 6.02. The summed E-state index contributed by atoms with van der Waals surface area (Å²) in [5.41, 5.74) is -1.82. The summed E-state index contributed by atoms with van der Waals surface area (Å²) in [5.74, 6) is -3.84. The Morgan fingerprint density at radius 3 is 1.95 bits per heavy atom. The van der Waals surface area contributed by atoms with Gasteiger partial charge in [0.25, 0.3) is 0 Å². The lowest BCUT2D eigenvalue weighted by atomic mass is 9.90. The second-order valence-electron chi connectivity index (χ2n) is 5.74. The van der Waals surface area contributed by atoms with Crippen molar-refractivity contribution in [3.8, 4) is 0 Å². The molecule has 0 aliphatic heterocycles. The van der Waals surface area contributed by atoms with Crippen molar-refractivity contribution in [3.63, 3.8) is 0 Å². The molecule has 7 nitrogen and oxygen atoms in total. The quantitative estimate of drug-likeness (QED) is 0.384. The van der Waals surface area contributed by atoms with Gasteiger partial charge in [0.05, 0.1) is 27.6 Å². The molecule has 0 heterocycles. The monoisotopic (exact) mass is 288 g/mol. The molecule has 0 fully saturated rings. The molecular formula is C13H22NO6+. The van der Waals surface area contributed by atoms with Gasteiger partial charge in [0.15, 0.2) is 5.78 Å². The van der Waals surface area contributed by atoms with Crippen molar-refractivity contribution >= 4 is 23.5 Å². The zero-order valence-corrected chi connectivity index (χ0v) is 12.6. The van der Waals surface area contributed by atoms with E-state index in [2.05, 4.69) is 0 Å². The molecule has 0 saturated carbocycles. The molecule has 0 aromatic heterocycles. The van der Waals surface area contributed by atoms with Gasteiger partial charge in [-0.2, -0.15) is 0 Å². The van der Waals surface area contributed by atoms with Crippen LogP contribution in [0.3, 0.4) is 0 Å². The topological polar surface area (TPSA) is 97.7 Å². The lowest BCUT2D eigenvalue weighted by Crippen LogP contribution is -2.57. The highest BCUT2D eigenvalue weighted by atomic mass is 16.6. The third-order valence-electron chi connectivity index (χ3n) is 2.57. The Morgan fingerprint density at radius 2 is 1.65 bits per heavy atom. The summed E-state index contributed by atoms with van der Waals surface area (Å²) in [7, 11) is 5.21. The average molecular weight is 288 g/mol. The normalized spacial score (nSPS) is 14.2. The van der Waals surface area contributed by atoms with Crippen molar-refractivity contribution in [1.82, 2.24) is 0 Å². The Hall–Kier alpha value is -1.76. The van der Waals surface area contributed by atoms with Crippen molar-refractivity contribution in [2.45, 2.75) is 32.3 Å². The average Bonchev–Trinajstić information content (AvgIpc) is 2.24. The van der Waals surface area contributed by atoms with Crippen LogP contribution in [0.2, 0.25) is 0 Å². The lowest BCUT2D eigenvalue weighted by molar-refractivity contribution is -0.875. The van der Waals surface area contributed by atoms with Crippen molar-refractivity contribution < 1.29 is 33.5 Å². The predicted octanol–water partition coefficient (Wildman–Crippen LogP) is 0.0174. The van der Waals surface area contributed by atoms with Crippen LogP contribution in [0.15, 0.2) is 0 Å². The van der Waals surface area contributed by atoms with Crippen LogP contribution < -0.4 is 0 Å². The predicted molar refractivity (Wildman–Crippen MR) is 70.0 cm³/mol. The second-order valence-corrected chi connectivity index (χ2v) is 5.74. The molecular weight excluding hydrogens is 266 g/mol. The fourth-order valence-corrected chi connectivity index (χ4v) is 1.95. The molecule has 0 aliphatic carbocycles. The number of carboxylic acid groups (broad SMARTS) is 1. The largest absolute Gasteiger partial charge is 0.481 e. The summed E-state index contributed by atoms with van der Waals surface area (Å²) in [6, 6.07) is 0. The number of carbonyl (C=O) groups is 4. The number of ether oxygens (including phenoxy) is 1. The van der Waals surface area contributed by atoms with E-state index in [1.54, 1.807) is 28.1 Å². The summed E-state index contributed by atoms with van der Waals surface area (Å²) >= 11 is 0. The number of hydrogen-bond donors (Lipinski definition) is 1. The molecule has 1 atom stereocenters. The molecule has 0 aromatic carbocycles. The van der Waals surface area contributed by atoms with Crippen LogP contribution in [-0.4, -0.2) is 66.4 Å². The molecule has 0 radical (unpaired) electrons. The number of hydrogen-bond acceptors (Lipinski definition) is 5. The molecule has 0 spiro atoms. The molecule has 0 rings (SSSR count). The SMILES string of the molecule is CCC(=O)C(CC(=O)O)(C[N+](C)(C)C)OC(=O)C(C)=O. The third-order valence-corrected chi connectivity index (χ3v) is 2.57. The van der Waals surface area contributed by atoms with Gasteiger partial charge >= 0.3 is 11.9 Å². The maximum Gasteiger partial charge on any atom is 0.375 e. The highest BCUT2D eigenvalue weighted by molar-refractivity contribution is 6.33. The molecule has 0 amide bonds. The number of nitrogens with zero attached hydrogens (tertiary/aromatic N) is 1.